The summed E-state index contributed by atoms with van der Waals surface area (Å²) in [7, 11) is 1.48. The van der Waals surface area contributed by atoms with Crippen molar-refractivity contribution in [1.82, 2.24) is 9.97 Å². The molecule has 0 radical (unpaired) electrons. The lowest BCUT2D eigenvalue weighted by molar-refractivity contribution is -0.141. The van der Waals surface area contributed by atoms with Crippen molar-refractivity contribution in [3.63, 3.8) is 0 Å². The summed E-state index contributed by atoms with van der Waals surface area (Å²) in [5.41, 5.74) is -0.941. The summed E-state index contributed by atoms with van der Waals surface area (Å²) in [6.45, 7) is 2.02. The van der Waals surface area contributed by atoms with Gasteiger partial charge in [-0.1, -0.05) is 0 Å². The lowest BCUT2D eigenvalue weighted by Gasteiger charge is -2.28. The average molecular weight is 262 g/mol. The second kappa shape index (κ2) is 4.97. The van der Waals surface area contributed by atoms with Crippen molar-refractivity contribution in [1.29, 1.82) is 0 Å². The average Bonchev–Trinajstić information content (AvgIpc) is 2.38. The van der Waals surface area contributed by atoms with Gasteiger partial charge < -0.3 is 15.0 Å². The SMILES string of the molecule is CNc1nc(N2CCOCC2)cc(C(F)(F)F)n1. The molecule has 0 unspecified atom stereocenters. The van der Waals surface area contributed by atoms with Gasteiger partial charge in [0, 0.05) is 26.2 Å². The van der Waals surface area contributed by atoms with Crippen molar-refractivity contribution in [2.75, 3.05) is 43.6 Å². The van der Waals surface area contributed by atoms with Gasteiger partial charge in [0.05, 0.1) is 13.2 Å². The Kier molecular flexibility index (Phi) is 3.55. The van der Waals surface area contributed by atoms with Crippen LogP contribution in [0.25, 0.3) is 0 Å². The number of anilines is 2. The highest BCUT2D eigenvalue weighted by atomic mass is 19.4. The molecule has 100 valence electrons. The maximum atomic E-state index is 12.7. The molecule has 5 nitrogen and oxygen atoms in total. The zero-order valence-electron chi connectivity index (χ0n) is 9.79. The summed E-state index contributed by atoms with van der Waals surface area (Å²) in [6, 6.07) is 0.964. The van der Waals surface area contributed by atoms with Gasteiger partial charge in [0.2, 0.25) is 5.95 Å². The molecule has 0 saturated carbocycles. The van der Waals surface area contributed by atoms with Crippen molar-refractivity contribution in [3.05, 3.63) is 11.8 Å². The number of morpholine rings is 1. The molecular formula is C10H13F3N4O. The molecule has 1 aromatic rings. The number of alkyl halides is 3. The summed E-state index contributed by atoms with van der Waals surface area (Å²) in [4.78, 5) is 9.20. The van der Waals surface area contributed by atoms with E-state index in [2.05, 4.69) is 15.3 Å². The monoisotopic (exact) mass is 262 g/mol. The number of hydrogen-bond donors (Lipinski definition) is 1. The molecular weight excluding hydrogens is 249 g/mol. The van der Waals surface area contributed by atoms with Gasteiger partial charge in [0.1, 0.15) is 5.82 Å². The van der Waals surface area contributed by atoms with Crippen LogP contribution in [0.3, 0.4) is 0 Å². The van der Waals surface area contributed by atoms with E-state index in [9.17, 15) is 13.2 Å². The van der Waals surface area contributed by atoms with Gasteiger partial charge in [-0.3, -0.25) is 0 Å². The number of nitrogens with one attached hydrogen (secondary N) is 1. The molecule has 0 aromatic carbocycles. The quantitative estimate of drug-likeness (QED) is 0.872. The first-order valence-electron chi connectivity index (χ1n) is 5.47. The van der Waals surface area contributed by atoms with Crippen LogP contribution in [0.1, 0.15) is 5.69 Å². The molecule has 1 aromatic heterocycles. The van der Waals surface area contributed by atoms with Gasteiger partial charge in [-0.2, -0.15) is 18.2 Å². The van der Waals surface area contributed by atoms with Gasteiger partial charge in [0.25, 0.3) is 0 Å². The molecule has 2 heterocycles. The Bertz CT molecular complexity index is 418. The van der Waals surface area contributed by atoms with Crippen molar-refractivity contribution in [2.45, 2.75) is 6.18 Å². The minimum absolute atomic E-state index is 0.0358. The first kappa shape index (κ1) is 12.9. The fourth-order valence-electron chi connectivity index (χ4n) is 1.65. The van der Waals surface area contributed by atoms with Crippen molar-refractivity contribution < 1.29 is 17.9 Å². The molecule has 0 spiro atoms. The lowest BCUT2D eigenvalue weighted by Crippen LogP contribution is -2.37. The molecule has 0 bridgehead atoms. The van der Waals surface area contributed by atoms with E-state index in [0.29, 0.717) is 26.3 Å². The Hall–Kier alpha value is -1.57. The van der Waals surface area contributed by atoms with Gasteiger partial charge in [0.15, 0.2) is 5.69 Å². The van der Waals surface area contributed by atoms with Crippen LogP contribution in [-0.4, -0.2) is 43.3 Å². The predicted octanol–water partition coefficient (Wildman–Crippen LogP) is 1.37. The number of ether oxygens (including phenoxy) is 1. The number of nitrogens with zero attached hydrogens (tertiary/aromatic N) is 3. The van der Waals surface area contributed by atoms with Crippen LogP contribution in [0.2, 0.25) is 0 Å². The number of halogens is 3. The van der Waals surface area contributed by atoms with Crippen molar-refractivity contribution in [3.8, 4) is 0 Å². The summed E-state index contributed by atoms with van der Waals surface area (Å²) in [6.07, 6.45) is -4.48. The third-order valence-corrected chi connectivity index (χ3v) is 2.56. The highest BCUT2D eigenvalue weighted by molar-refractivity contribution is 5.45. The number of hydrogen-bond acceptors (Lipinski definition) is 5. The van der Waals surface area contributed by atoms with Gasteiger partial charge in [-0.25, -0.2) is 4.98 Å². The minimum atomic E-state index is -4.48. The fourth-order valence-corrected chi connectivity index (χ4v) is 1.65. The third-order valence-electron chi connectivity index (χ3n) is 2.56. The molecule has 1 aliphatic rings. The highest BCUT2D eigenvalue weighted by Crippen LogP contribution is 2.30. The van der Waals surface area contributed by atoms with Gasteiger partial charge in [-0.05, 0) is 0 Å². The number of aromatic nitrogens is 2. The normalized spacial score (nSPS) is 16.8. The van der Waals surface area contributed by atoms with Gasteiger partial charge in [-0.15, -0.1) is 0 Å². The van der Waals surface area contributed by atoms with E-state index in [1.165, 1.54) is 7.05 Å². The number of rotatable bonds is 2. The van der Waals surface area contributed by atoms with Gasteiger partial charge >= 0.3 is 6.18 Å². The molecule has 1 saturated heterocycles. The molecule has 1 fully saturated rings. The van der Waals surface area contributed by atoms with E-state index < -0.39 is 11.9 Å². The molecule has 0 atom stereocenters. The molecule has 1 aliphatic heterocycles. The van der Waals surface area contributed by atoms with E-state index in [4.69, 9.17) is 4.74 Å². The standard InChI is InChI=1S/C10H13F3N4O/c1-14-9-15-7(10(11,12)13)6-8(16-9)17-2-4-18-5-3-17/h6H,2-5H2,1H3,(H,14,15,16). The third kappa shape index (κ3) is 2.81. The fraction of sp³-hybridized carbons (Fsp3) is 0.600. The summed E-state index contributed by atoms with van der Waals surface area (Å²) in [5.74, 6) is 0.233. The Morgan fingerprint density at radius 1 is 1.28 bits per heavy atom. The van der Waals surface area contributed by atoms with E-state index in [1.807, 2.05) is 0 Å². The molecule has 1 N–H and O–H groups in total. The summed E-state index contributed by atoms with van der Waals surface area (Å²) >= 11 is 0. The largest absolute Gasteiger partial charge is 0.433 e. The van der Waals surface area contributed by atoms with Crippen LogP contribution in [0.4, 0.5) is 24.9 Å². The molecule has 2 rings (SSSR count). The highest BCUT2D eigenvalue weighted by Gasteiger charge is 2.34. The van der Waals surface area contributed by atoms with E-state index in [1.54, 1.807) is 4.90 Å². The minimum Gasteiger partial charge on any atom is -0.378 e. The van der Waals surface area contributed by atoms with E-state index >= 15 is 0 Å². The van der Waals surface area contributed by atoms with Crippen LogP contribution in [0.15, 0.2) is 6.07 Å². The zero-order chi connectivity index (χ0) is 13.2. The molecule has 18 heavy (non-hydrogen) atoms. The van der Waals surface area contributed by atoms with Crippen LogP contribution < -0.4 is 10.2 Å². The van der Waals surface area contributed by atoms with Crippen molar-refractivity contribution in [2.24, 2.45) is 0 Å². The lowest BCUT2D eigenvalue weighted by atomic mass is 10.3. The second-order valence-electron chi connectivity index (χ2n) is 3.78. The smallest absolute Gasteiger partial charge is 0.378 e. The van der Waals surface area contributed by atoms with Crippen LogP contribution in [0.5, 0.6) is 0 Å². The summed E-state index contributed by atoms with van der Waals surface area (Å²) < 4.78 is 43.2. The summed E-state index contributed by atoms with van der Waals surface area (Å²) in [5, 5.41) is 2.54. The molecule has 8 heteroatoms. The molecule has 0 amide bonds. The van der Waals surface area contributed by atoms with Crippen LogP contribution in [0, 0.1) is 0 Å². The molecule has 0 aliphatic carbocycles. The van der Waals surface area contributed by atoms with Crippen LogP contribution >= 0.6 is 0 Å². The first-order chi connectivity index (χ1) is 8.50. The Labute approximate surface area is 102 Å². The topological polar surface area (TPSA) is 50.3 Å². The Balaban J connectivity index is 2.34. The second-order valence-corrected chi connectivity index (χ2v) is 3.78. The maximum absolute atomic E-state index is 12.7. The van der Waals surface area contributed by atoms with Crippen molar-refractivity contribution >= 4 is 11.8 Å². The predicted molar refractivity (Wildman–Crippen MR) is 59.6 cm³/mol. The van der Waals surface area contributed by atoms with Crippen LogP contribution in [-0.2, 0) is 10.9 Å². The van der Waals surface area contributed by atoms with E-state index in [0.717, 1.165) is 6.07 Å². The zero-order valence-corrected chi connectivity index (χ0v) is 9.79. The van der Waals surface area contributed by atoms with E-state index in [-0.39, 0.29) is 11.8 Å². The first-order valence-corrected chi connectivity index (χ1v) is 5.47. The maximum Gasteiger partial charge on any atom is 0.433 e. The Morgan fingerprint density at radius 3 is 2.50 bits per heavy atom. The Morgan fingerprint density at radius 2 is 1.94 bits per heavy atom.